The van der Waals surface area contributed by atoms with E-state index in [0.717, 1.165) is 5.70 Å². The van der Waals surface area contributed by atoms with Gasteiger partial charge in [-0.15, -0.1) is 0 Å². The number of likely N-dealkylation sites (tertiary alicyclic amines) is 1. The maximum Gasteiger partial charge on any atom is 0.410 e. The fraction of sp³-hybridized carbons (Fsp3) is 0.474. The van der Waals surface area contributed by atoms with E-state index in [9.17, 15) is 9.18 Å². The van der Waals surface area contributed by atoms with Crippen molar-refractivity contribution in [2.75, 3.05) is 25.5 Å². The van der Waals surface area contributed by atoms with E-state index in [4.69, 9.17) is 4.74 Å². The maximum absolute atomic E-state index is 14.4. The van der Waals surface area contributed by atoms with Crippen molar-refractivity contribution in [1.82, 2.24) is 20.5 Å². The van der Waals surface area contributed by atoms with E-state index in [1.165, 1.54) is 4.90 Å². The molecule has 7 nitrogen and oxygen atoms in total. The average Bonchev–Trinajstić information content (AvgIpc) is 2.94. The van der Waals surface area contributed by atoms with Crippen LogP contribution < -0.4 is 16.0 Å². The van der Waals surface area contributed by atoms with Crippen LogP contribution in [0.1, 0.15) is 26.5 Å². The van der Waals surface area contributed by atoms with Gasteiger partial charge in [0.2, 0.25) is 0 Å². The summed E-state index contributed by atoms with van der Waals surface area (Å²) < 4.78 is 19.7. The minimum absolute atomic E-state index is 0.00476. The summed E-state index contributed by atoms with van der Waals surface area (Å²) in [5.74, 6) is 0.527. The number of pyridine rings is 1. The minimum Gasteiger partial charge on any atom is -0.444 e. The summed E-state index contributed by atoms with van der Waals surface area (Å²) in [5, 5.41) is 9.02. The van der Waals surface area contributed by atoms with Crippen molar-refractivity contribution in [3.63, 3.8) is 0 Å². The molecule has 1 fully saturated rings. The van der Waals surface area contributed by atoms with Gasteiger partial charge >= 0.3 is 6.09 Å². The first-order chi connectivity index (χ1) is 12.7. The summed E-state index contributed by atoms with van der Waals surface area (Å²) >= 11 is 0. The third-order valence-corrected chi connectivity index (χ3v) is 3.80. The predicted octanol–water partition coefficient (Wildman–Crippen LogP) is 2.70. The van der Waals surface area contributed by atoms with Crippen LogP contribution in [-0.4, -0.2) is 53.9 Å². The average molecular weight is 377 g/mol. The third-order valence-electron chi connectivity index (χ3n) is 3.80. The molecule has 0 bridgehead atoms. The number of ether oxygens (including phenoxy) is 1. The van der Waals surface area contributed by atoms with Gasteiger partial charge in [0.1, 0.15) is 17.6 Å². The van der Waals surface area contributed by atoms with Crippen LogP contribution in [0.3, 0.4) is 0 Å². The number of anilines is 1. The molecule has 27 heavy (non-hydrogen) atoms. The van der Waals surface area contributed by atoms with E-state index < -0.39 is 23.9 Å². The smallest absolute Gasteiger partial charge is 0.410 e. The number of halogens is 1. The SMILES string of the molecule is C=CN/C(=C\NC)c1cccc(N[C@H]2CN(C(=O)OC(C)(C)C)C[C@@H]2F)n1. The molecule has 0 unspecified atom stereocenters. The monoisotopic (exact) mass is 377 g/mol. The van der Waals surface area contributed by atoms with E-state index in [2.05, 4.69) is 27.5 Å². The Hall–Kier alpha value is -2.77. The van der Waals surface area contributed by atoms with E-state index in [1.807, 2.05) is 12.1 Å². The molecule has 0 spiro atoms. The zero-order valence-corrected chi connectivity index (χ0v) is 16.3. The summed E-state index contributed by atoms with van der Waals surface area (Å²) in [6, 6.07) is 4.87. The molecule has 1 aliphatic heterocycles. The van der Waals surface area contributed by atoms with Crippen LogP contribution in [0.25, 0.3) is 5.70 Å². The Bertz CT molecular complexity index is 702. The number of amides is 1. The first-order valence-corrected chi connectivity index (χ1v) is 8.84. The van der Waals surface area contributed by atoms with E-state index >= 15 is 0 Å². The summed E-state index contributed by atoms with van der Waals surface area (Å²) in [7, 11) is 1.78. The lowest BCUT2D eigenvalue weighted by Crippen LogP contribution is -2.36. The highest BCUT2D eigenvalue weighted by atomic mass is 19.1. The van der Waals surface area contributed by atoms with Crippen LogP contribution in [0.4, 0.5) is 15.0 Å². The van der Waals surface area contributed by atoms with Gasteiger partial charge in [0.05, 0.1) is 24.0 Å². The highest BCUT2D eigenvalue weighted by Crippen LogP contribution is 2.21. The van der Waals surface area contributed by atoms with Crippen molar-refractivity contribution < 1.29 is 13.9 Å². The molecule has 148 valence electrons. The highest BCUT2D eigenvalue weighted by molar-refractivity contribution is 5.69. The lowest BCUT2D eigenvalue weighted by molar-refractivity contribution is 0.0283. The minimum atomic E-state index is -1.21. The Morgan fingerprint density at radius 1 is 1.41 bits per heavy atom. The van der Waals surface area contributed by atoms with Gasteiger partial charge in [-0.05, 0) is 39.1 Å². The third kappa shape index (κ3) is 5.87. The maximum atomic E-state index is 14.4. The molecule has 2 atom stereocenters. The summed E-state index contributed by atoms with van der Waals surface area (Å²) in [6.07, 6.45) is 1.59. The number of nitrogens with one attached hydrogen (secondary N) is 3. The molecule has 1 aliphatic rings. The topological polar surface area (TPSA) is 78.5 Å². The van der Waals surface area contributed by atoms with Gasteiger partial charge in [0.15, 0.2) is 0 Å². The number of aromatic nitrogens is 1. The number of hydrogen-bond donors (Lipinski definition) is 3. The second-order valence-corrected chi connectivity index (χ2v) is 7.26. The molecule has 8 heteroatoms. The van der Waals surface area contributed by atoms with Crippen molar-refractivity contribution in [2.45, 2.75) is 38.6 Å². The number of nitrogens with zero attached hydrogens (tertiary/aromatic N) is 2. The molecule has 3 N–H and O–H groups in total. The van der Waals surface area contributed by atoms with Crippen LogP contribution >= 0.6 is 0 Å². The van der Waals surface area contributed by atoms with E-state index in [-0.39, 0.29) is 13.1 Å². The molecular weight excluding hydrogens is 349 g/mol. The predicted molar refractivity (Wildman–Crippen MR) is 105 cm³/mol. The first kappa shape index (κ1) is 20.5. The Morgan fingerprint density at radius 3 is 2.78 bits per heavy atom. The van der Waals surface area contributed by atoms with Crippen molar-refractivity contribution >= 4 is 17.6 Å². The number of hydrogen-bond acceptors (Lipinski definition) is 6. The van der Waals surface area contributed by atoms with Gasteiger partial charge in [-0.3, -0.25) is 0 Å². The van der Waals surface area contributed by atoms with Crippen molar-refractivity contribution in [3.05, 3.63) is 42.9 Å². The fourth-order valence-corrected chi connectivity index (χ4v) is 2.67. The molecule has 1 amide bonds. The summed E-state index contributed by atoms with van der Waals surface area (Å²) in [5.41, 5.74) is 0.791. The molecule has 2 heterocycles. The van der Waals surface area contributed by atoms with Crippen LogP contribution in [0.5, 0.6) is 0 Å². The summed E-state index contributed by atoms with van der Waals surface area (Å²) in [6.45, 7) is 9.21. The number of rotatable bonds is 6. The molecular formula is C19H28FN5O2. The first-order valence-electron chi connectivity index (χ1n) is 8.84. The molecule has 0 radical (unpaired) electrons. The van der Waals surface area contributed by atoms with Crippen molar-refractivity contribution in [1.29, 1.82) is 0 Å². The van der Waals surface area contributed by atoms with Crippen LogP contribution in [0.15, 0.2) is 37.2 Å². The zero-order valence-electron chi connectivity index (χ0n) is 16.3. The molecule has 2 rings (SSSR count). The van der Waals surface area contributed by atoms with Gasteiger partial charge < -0.3 is 25.6 Å². The standard InChI is InChI=1S/C19H28FN5O2/c1-6-22-15(10-21-5)14-8-7-9-17(23-14)24-16-12-25(11-13(16)20)18(26)27-19(2,3)4/h6-10,13,16,21-22H,1,11-12H2,2-5H3,(H,23,24)/b15-10-/t13-,16-/m0/s1. The lowest BCUT2D eigenvalue weighted by Gasteiger charge is -2.24. The quantitative estimate of drug-likeness (QED) is 0.708. The number of carbonyl (C=O) groups excluding carboxylic acids is 1. The second kappa shape index (κ2) is 8.75. The van der Waals surface area contributed by atoms with Crippen LogP contribution in [-0.2, 0) is 4.74 Å². The van der Waals surface area contributed by atoms with Gasteiger partial charge in [0.25, 0.3) is 0 Å². The molecule has 1 saturated heterocycles. The zero-order chi connectivity index (χ0) is 20.0. The van der Waals surface area contributed by atoms with Gasteiger partial charge in [-0.2, -0.15) is 0 Å². The van der Waals surface area contributed by atoms with E-state index in [0.29, 0.717) is 11.5 Å². The molecule has 1 aromatic rings. The normalized spacial score (nSPS) is 20.2. The van der Waals surface area contributed by atoms with Gasteiger partial charge in [-0.25, -0.2) is 14.2 Å². The molecule has 0 saturated carbocycles. The Morgan fingerprint density at radius 2 is 2.15 bits per heavy atom. The Balaban J connectivity index is 2.07. The highest BCUT2D eigenvalue weighted by Gasteiger charge is 2.37. The number of alkyl halides is 1. The molecule has 0 aromatic carbocycles. The fourth-order valence-electron chi connectivity index (χ4n) is 2.67. The second-order valence-electron chi connectivity index (χ2n) is 7.26. The Kier molecular flexibility index (Phi) is 6.65. The summed E-state index contributed by atoms with van der Waals surface area (Å²) in [4.78, 5) is 18.0. The van der Waals surface area contributed by atoms with Crippen LogP contribution in [0.2, 0.25) is 0 Å². The van der Waals surface area contributed by atoms with Gasteiger partial charge in [-0.1, -0.05) is 12.6 Å². The van der Waals surface area contributed by atoms with Crippen LogP contribution in [0, 0.1) is 0 Å². The largest absolute Gasteiger partial charge is 0.444 e. The van der Waals surface area contributed by atoms with Crippen molar-refractivity contribution in [3.8, 4) is 0 Å². The molecule has 1 aromatic heterocycles. The lowest BCUT2D eigenvalue weighted by atomic mass is 10.2. The Labute approximate surface area is 159 Å². The van der Waals surface area contributed by atoms with E-state index in [1.54, 1.807) is 46.3 Å². The van der Waals surface area contributed by atoms with Gasteiger partial charge in [0, 0.05) is 19.8 Å². The molecule has 0 aliphatic carbocycles. The number of carbonyl (C=O) groups is 1. The van der Waals surface area contributed by atoms with Crippen molar-refractivity contribution in [2.24, 2.45) is 0 Å².